The molecule has 3 aromatic rings. The lowest BCUT2D eigenvalue weighted by Gasteiger charge is -2.21. The predicted molar refractivity (Wildman–Crippen MR) is 94.9 cm³/mol. The number of nitrogens with one attached hydrogen (secondary N) is 1. The van der Waals surface area contributed by atoms with Gasteiger partial charge in [-0.05, 0) is 11.6 Å². The van der Waals surface area contributed by atoms with Gasteiger partial charge in [0.2, 0.25) is 0 Å². The molecule has 0 aliphatic carbocycles. The zero-order valence-electron chi connectivity index (χ0n) is 12.8. The van der Waals surface area contributed by atoms with Crippen molar-refractivity contribution in [2.24, 2.45) is 0 Å². The molecule has 5 heteroatoms. The quantitative estimate of drug-likeness (QED) is 0.644. The largest absolute Gasteiger partial charge is 0.376 e. The molecule has 1 N–H and O–H groups in total. The summed E-state index contributed by atoms with van der Waals surface area (Å²) in [6, 6.07) is 18.9. The van der Waals surface area contributed by atoms with E-state index in [1.165, 1.54) is 0 Å². The number of alkyl halides is 1. The van der Waals surface area contributed by atoms with Crippen molar-refractivity contribution >= 4 is 28.2 Å². The lowest BCUT2D eigenvalue weighted by Crippen LogP contribution is -2.13. The topological polar surface area (TPSA) is 48.7 Å². The fourth-order valence-corrected chi connectivity index (χ4v) is 2.95. The number of hydrogen-bond acceptors (Lipinski definition) is 3. The van der Waals surface area contributed by atoms with Gasteiger partial charge in [0.05, 0.1) is 23.9 Å². The first-order valence-electron chi connectivity index (χ1n) is 7.60. The molecule has 0 saturated heterocycles. The number of rotatable bonds is 5. The second kappa shape index (κ2) is 7.29. The molecule has 1 heterocycles. The van der Waals surface area contributed by atoms with E-state index in [2.05, 4.69) is 16.4 Å². The molecule has 1 aromatic heterocycles. The van der Waals surface area contributed by atoms with Crippen LogP contribution in [0.15, 0.2) is 54.6 Å². The zero-order valence-corrected chi connectivity index (χ0v) is 13.6. The molecule has 0 fully saturated rings. The SMILES string of the molecule is N#Cc1c(Cl)nc2ccccc2c1NC(CCF)c1ccccc1. The number of anilines is 1. The third kappa shape index (κ3) is 3.17. The zero-order chi connectivity index (χ0) is 16.9. The van der Waals surface area contributed by atoms with Crippen LogP contribution in [0.3, 0.4) is 0 Å². The molecule has 1 atom stereocenters. The van der Waals surface area contributed by atoms with Gasteiger partial charge in [0.1, 0.15) is 16.8 Å². The predicted octanol–water partition coefficient (Wildman–Crippen LogP) is 5.27. The van der Waals surface area contributed by atoms with Crippen molar-refractivity contribution in [3.63, 3.8) is 0 Å². The van der Waals surface area contributed by atoms with Crippen molar-refractivity contribution in [3.8, 4) is 6.07 Å². The summed E-state index contributed by atoms with van der Waals surface area (Å²) in [4.78, 5) is 4.26. The van der Waals surface area contributed by atoms with E-state index in [-0.39, 0.29) is 16.8 Å². The van der Waals surface area contributed by atoms with Crippen molar-refractivity contribution < 1.29 is 4.39 Å². The molecule has 0 radical (unpaired) electrons. The highest BCUT2D eigenvalue weighted by atomic mass is 35.5. The lowest BCUT2D eigenvalue weighted by molar-refractivity contribution is 0.451. The van der Waals surface area contributed by atoms with Gasteiger partial charge in [0, 0.05) is 11.8 Å². The maximum absolute atomic E-state index is 13.1. The van der Waals surface area contributed by atoms with E-state index in [4.69, 9.17) is 11.6 Å². The maximum atomic E-state index is 13.1. The van der Waals surface area contributed by atoms with Gasteiger partial charge in [-0.2, -0.15) is 5.26 Å². The Morgan fingerprint density at radius 2 is 1.83 bits per heavy atom. The Bertz CT molecular complexity index is 890. The van der Waals surface area contributed by atoms with Crippen LogP contribution in [-0.2, 0) is 0 Å². The number of aromatic nitrogens is 1. The van der Waals surface area contributed by atoms with Gasteiger partial charge in [0.15, 0.2) is 0 Å². The summed E-state index contributed by atoms with van der Waals surface area (Å²) in [6.45, 7) is -0.467. The molecular weight excluding hydrogens is 325 g/mol. The Balaban J connectivity index is 2.12. The van der Waals surface area contributed by atoms with Gasteiger partial charge < -0.3 is 5.32 Å². The van der Waals surface area contributed by atoms with Crippen LogP contribution in [0.25, 0.3) is 10.9 Å². The number of nitrogens with zero attached hydrogens (tertiary/aromatic N) is 2. The number of nitriles is 1. The molecule has 1 unspecified atom stereocenters. The van der Waals surface area contributed by atoms with Crippen LogP contribution in [0, 0.1) is 11.3 Å². The second-order valence-corrected chi connectivity index (χ2v) is 5.72. The lowest BCUT2D eigenvalue weighted by atomic mass is 10.0. The molecule has 0 spiro atoms. The van der Waals surface area contributed by atoms with Gasteiger partial charge in [0.25, 0.3) is 0 Å². The Morgan fingerprint density at radius 3 is 2.54 bits per heavy atom. The van der Waals surface area contributed by atoms with Gasteiger partial charge in [-0.25, -0.2) is 4.98 Å². The van der Waals surface area contributed by atoms with Gasteiger partial charge >= 0.3 is 0 Å². The Labute approximate surface area is 144 Å². The summed E-state index contributed by atoms with van der Waals surface area (Å²) in [5.74, 6) is 0. The third-order valence-corrected chi connectivity index (χ3v) is 4.15. The summed E-state index contributed by atoms with van der Waals surface area (Å²) >= 11 is 6.17. The fourth-order valence-electron chi connectivity index (χ4n) is 2.72. The molecule has 120 valence electrons. The van der Waals surface area contributed by atoms with Crippen molar-refractivity contribution in [1.29, 1.82) is 5.26 Å². The molecule has 0 amide bonds. The van der Waals surface area contributed by atoms with Crippen LogP contribution in [-0.4, -0.2) is 11.7 Å². The van der Waals surface area contributed by atoms with Crippen LogP contribution >= 0.6 is 11.6 Å². The Morgan fingerprint density at radius 1 is 1.12 bits per heavy atom. The monoisotopic (exact) mass is 339 g/mol. The Hall–Kier alpha value is -2.64. The number of hydrogen-bond donors (Lipinski definition) is 1. The summed E-state index contributed by atoms with van der Waals surface area (Å²) < 4.78 is 13.1. The number of pyridine rings is 1. The third-order valence-electron chi connectivity index (χ3n) is 3.88. The second-order valence-electron chi connectivity index (χ2n) is 5.37. The highest BCUT2D eigenvalue weighted by Gasteiger charge is 2.18. The van der Waals surface area contributed by atoms with Crippen molar-refractivity contribution in [2.75, 3.05) is 12.0 Å². The van der Waals surface area contributed by atoms with Gasteiger partial charge in [-0.3, -0.25) is 4.39 Å². The van der Waals surface area contributed by atoms with Crippen LogP contribution < -0.4 is 5.32 Å². The maximum Gasteiger partial charge on any atom is 0.149 e. The van der Waals surface area contributed by atoms with Crippen LogP contribution in [0.5, 0.6) is 0 Å². The average molecular weight is 340 g/mol. The summed E-state index contributed by atoms with van der Waals surface area (Å²) in [7, 11) is 0. The molecule has 0 saturated carbocycles. The summed E-state index contributed by atoms with van der Waals surface area (Å²) in [5, 5.41) is 13.7. The minimum absolute atomic E-state index is 0.144. The standard InChI is InChI=1S/C19H15ClFN3/c20-19-15(12-22)18(14-8-4-5-9-17(14)24-19)23-16(10-11-21)13-6-2-1-3-7-13/h1-9,16H,10-11H2,(H,23,24). The molecule has 3 nitrogen and oxygen atoms in total. The number of para-hydroxylation sites is 1. The molecule has 3 rings (SSSR count). The molecule has 24 heavy (non-hydrogen) atoms. The first kappa shape index (κ1) is 16.2. The van der Waals surface area contributed by atoms with E-state index in [9.17, 15) is 9.65 Å². The van der Waals surface area contributed by atoms with E-state index < -0.39 is 6.67 Å². The molecule has 0 bridgehead atoms. The summed E-state index contributed by atoms with van der Waals surface area (Å²) in [6.07, 6.45) is 0.295. The van der Waals surface area contributed by atoms with Gasteiger partial charge in [-0.15, -0.1) is 0 Å². The fraction of sp³-hybridized carbons (Fsp3) is 0.158. The van der Waals surface area contributed by atoms with Crippen molar-refractivity contribution in [1.82, 2.24) is 4.98 Å². The normalized spacial score (nSPS) is 11.9. The van der Waals surface area contributed by atoms with Crippen LogP contribution in [0.4, 0.5) is 10.1 Å². The average Bonchev–Trinajstić information content (AvgIpc) is 2.62. The van der Waals surface area contributed by atoms with Gasteiger partial charge in [-0.1, -0.05) is 60.1 Å². The first-order chi connectivity index (χ1) is 11.7. The van der Waals surface area contributed by atoms with Crippen molar-refractivity contribution in [2.45, 2.75) is 12.5 Å². The number of benzene rings is 2. The van der Waals surface area contributed by atoms with E-state index in [0.717, 1.165) is 10.9 Å². The first-order valence-corrected chi connectivity index (χ1v) is 7.98. The van der Waals surface area contributed by atoms with Crippen LogP contribution in [0.2, 0.25) is 5.15 Å². The molecule has 0 aliphatic heterocycles. The van der Waals surface area contributed by atoms with E-state index in [0.29, 0.717) is 17.6 Å². The highest BCUT2D eigenvalue weighted by molar-refractivity contribution is 6.31. The van der Waals surface area contributed by atoms with E-state index >= 15 is 0 Å². The smallest absolute Gasteiger partial charge is 0.149 e. The molecular formula is C19H15ClFN3. The molecule has 2 aromatic carbocycles. The summed E-state index contributed by atoms with van der Waals surface area (Å²) in [5.41, 5.74) is 2.51. The minimum atomic E-state index is -0.467. The highest BCUT2D eigenvalue weighted by Crippen LogP contribution is 2.34. The number of halogens is 2. The van der Waals surface area contributed by atoms with Crippen molar-refractivity contribution in [3.05, 3.63) is 70.9 Å². The number of fused-ring (bicyclic) bond motifs is 1. The minimum Gasteiger partial charge on any atom is -0.376 e. The Kier molecular flexibility index (Phi) is 4.93. The van der Waals surface area contributed by atoms with Crippen LogP contribution in [0.1, 0.15) is 23.6 Å². The van der Waals surface area contributed by atoms with E-state index in [1.54, 1.807) is 0 Å². The molecule has 0 aliphatic rings. The van der Waals surface area contributed by atoms with E-state index in [1.807, 2.05) is 54.6 Å².